The fourth-order valence-corrected chi connectivity index (χ4v) is 6.82. The topological polar surface area (TPSA) is 65.2 Å². The lowest BCUT2D eigenvalue weighted by Gasteiger charge is -2.58. The second-order valence-corrected chi connectivity index (χ2v) is 9.70. The van der Waals surface area contributed by atoms with E-state index in [-0.39, 0.29) is 17.5 Å². The van der Waals surface area contributed by atoms with Gasteiger partial charge in [-0.2, -0.15) is 0 Å². The van der Waals surface area contributed by atoms with Crippen LogP contribution in [0, 0.1) is 17.3 Å². The third-order valence-corrected chi connectivity index (χ3v) is 7.25. The van der Waals surface area contributed by atoms with Crippen molar-refractivity contribution >= 4 is 28.9 Å². The van der Waals surface area contributed by atoms with Crippen LogP contribution in [0.2, 0.25) is 0 Å². The number of hydrogen-bond donors (Lipinski definition) is 0. The van der Waals surface area contributed by atoms with Crippen LogP contribution in [0.1, 0.15) is 44.4 Å². The monoisotopic (exact) mass is 378 g/mol. The number of carbonyl (C=O) groups is 1. The highest BCUT2D eigenvalue weighted by Gasteiger charge is 2.60. The zero-order valence-electron chi connectivity index (χ0n) is 13.7. The lowest BCUT2D eigenvalue weighted by atomic mass is 9.49. The molecule has 2 atom stereocenters. The van der Waals surface area contributed by atoms with E-state index in [4.69, 9.17) is 20.8 Å². The molecule has 2 heterocycles. The maximum absolute atomic E-state index is 12.9. The fraction of sp³-hybridized carbons (Fsp3) is 0.611. The van der Waals surface area contributed by atoms with Crippen molar-refractivity contribution in [3.63, 3.8) is 0 Å². The maximum Gasteiger partial charge on any atom is 0.312 e. The van der Waals surface area contributed by atoms with Gasteiger partial charge >= 0.3 is 5.97 Å². The average Bonchev–Trinajstić information content (AvgIpc) is 3.21. The SMILES string of the molecule is O=C(OCc1nnc(-c2cccs2)o1)C12CC3CC(CC(Cl)(C3)C1)C2. The second kappa shape index (κ2) is 5.55. The molecule has 2 aromatic rings. The fourth-order valence-electron chi connectivity index (χ4n) is 5.48. The molecule has 0 amide bonds. The van der Waals surface area contributed by atoms with Crippen LogP contribution >= 0.6 is 22.9 Å². The molecule has 0 aliphatic heterocycles. The predicted octanol–water partition coefficient (Wildman–Crippen LogP) is 4.42. The van der Waals surface area contributed by atoms with Gasteiger partial charge in [-0.25, -0.2) is 0 Å². The van der Waals surface area contributed by atoms with Crippen LogP contribution in [-0.4, -0.2) is 21.0 Å². The number of esters is 1. The molecule has 7 heteroatoms. The molecule has 4 bridgehead atoms. The minimum atomic E-state index is -0.400. The summed E-state index contributed by atoms with van der Waals surface area (Å²) in [5.74, 6) is 1.81. The van der Waals surface area contributed by atoms with Crippen LogP contribution in [0.15, 0.2) is 21.9 Å². The largest absolute Gasteiger partial charge is 0.455 e. The summed E-state index contributed by atoms with van der Waals surface area (Å²) in [7, 11) is 0. The van der Waals surface area contributed by atoms with Crippen molar-refractivity contribution < 1.29 is 13.9 Å². The number of thiophene rings is 1. The number of halogens is 1. The van der Waals surface area contributed by atoms with Crippen LogP contribution < -0.4 is 0 Å². The van der Waals surface area contributed by atoms with Crippen molar-refractivity contribution in [2.45, 2.75) is 50.0 Å². The Hall–Kier alpha value is -1.40. The van der Waals surface area contributed by atoms with Gasteiger partial charge in [-0.1, -0.05) is 6.07 Å². The second-order valence-electron chi connectivity index (χ2n) is 7.95. The van der Waals surface area contributed by atoms with E-state index in [1.807, 2.05) is 17.5 Å². The van der Waals surface area contributed by atoms with E-state index in [0.29, 0.717) is 23.6 Å². The summed E-state index contributed by atoms with van der Waals surface area (Å²) in [5, 5.41) is 9.96. The molecular formula is C18H19ClN2O3S. The molecule has 5 nitrogen and oxygen atoms in total. The molecule has 0 saturated heterocycles. The molecule has 0 spiro atoms. The van der Waals surface area contributed by atoms with Gasteiger partial charge in [0.15, 0.2) is 6.61 Å². The van der Waals surface area contributed by atoms with E-state index < -0.39 is 5.41 Å². The lowest BCUT2D eigenvalue weighted by Crippen LogP contribution is -2.56. The predicted molar refractivity (Wildman–Crippen MR) is 93.1 cm³/mol. The third-order valence-electron chi connectivity index (χ3n) is 5.95. The average molecular weight is 379 g/mol. The van der Waals surface area contributed by atoms with Gasteiger partial charge in [0.25, 0.3) is 11.8 Å². The zero-order chi connectivity index (χ0) is 17.1. The van der Waals surface area contributed by atoms with Gasteiger partial charge in [0.1, 0.15) is 0 Å². The number of hydrogen-bond acceptors (Lipinski definition) is 6. The Morgan fingerprint density at radius 3 is 2.80 bits per heavy atom. The number of alkyl halides is 1. The lowest BCUT2D eigenvalue weighted by molar-refractivity contribution is -0.172. The van der Waals surface area contributed by atoms with Gasteiger partial charge in [-0.15, -0.1) is 33.1 Å². The molecule has 4 saturated carbocycles. The molecule has 25 heavy (non-hydrogen) atoms. The van der Waals surface area contributed by atoms with Gasteiger partial charge in [0.2, 0.25) is 0 Å². The highest BCUT2D eigenvalue weighted by molar-refractivity contribution is 7.13. The molecule has 0 aromatic carbocycles. The minimum Gasteiger partial charge on any atom is -0.455 e. The zero-order valence-corrected chi connectivity index (χ0v) is 15.3. The normalized spacial score (nSPS) is 35.9. The first-order valence-electron chi connectivity index (χ1n) is 8.76. The molecule has 6 rings (SSSR count). The summed E-state index contributed by atoms with van der Waals surface area (Å²) < 4.78 is 11.2. The Kier molecular flexibility index (Phi) is 3.51. The quantitative estimate of drug-likeness (QED) is 0.582. The van der Waals surface area contributed by atoms with Crippen LogP contribution in [0.4, 0.5) is 0 Å². The minimum absolute atomic E-state index is 0.0313. The van der Waals surface area contributed by atoms with Crippen molar-refractivity contribution in [3.05, 3.63) is 23.4 Å². The van der Waals surface area contributed by atoms with Crippen LogP contribution in [-0.2, 0) is 16.1 Å². The standard InChI is InChI=1S/C18H19ClN2O3S/c19-18-7-11-4-12(8-18)6-17(5-11,10-18)16(22)23-9-14-20-21-15(24-14)13-2-1-3-25-13/h1-3,11-12H,4-10H2. The molecule has 132 valence electrons. The Morgan fingerprint density at radius 1 is 1.32 bits per heavy atom. The Morgan fingerprint density at radius 2 is 2.12 bits per heavy atom. The number of rotatable bonds is 4. The first-order valence-corrected chi connectivity index (χ1v) is 10.0. The van der Waals surface area contributed by atoms with E-state index in [1.165, 1.54) is 17.8 Å². The maximum atomic E-state index is 12.9. The Labute approximate surface area is 154 Å². The highest BCUT2D eigenvalue weighted by Crippen LogP contribution is 2.64. The molecule has 4 aliphatic carbocycles. The summed E-state index contributed by atoms with van der Waals surface area (Å²) in [4.78, 5) is 13.6. The summed E-state index contributed by atoms with van der Waals surface area (Å²) in [6, 6.07) is 3.85. The Bertz CT molecular complexity index is 789. The van der Waals surface area contributed by atoms with Crippen LogP contribution in [0.3, 0.4) is 0 Å². The van der Waals surface area contributed by atoms with E-state index in [0.717, 1.165) is 37.0 Å². The van der Waals surface area contributed by atoms with E-state index >= 15 is 0 Å². The van der Waals surface area contributed by atoms with Crippen molar-refractivity contribution in [1.29, 1.82) is 0 Å². The first-order chi connectivity index (χ1) is 12.0. The number of ether oxygens (including phenoxy) is 1. The summed E-state index contributed by atoms with van der Waals surface area (Å²) >= 11 is 8.33. The van der Waals surface area contributed by atoms with Crippen molar-refractivity contribution in [1.82, 2.24) is 10.2 Å². The van der Waals surface area contributed by atoms with Crippen LogP contribution in [0.5, 0.6) is 0 Å². The van der Waals surface area contributed by atoms with Gasteiger partial charge < -0.3 is 9.15 Å². The van der Waals surface area contributed by atoms with Crippen molar-refractivity contribution in [2.75, 3.05) is 0 Å². The van der Waals surface area contributed by atoms with E-state index in [1.54, 1.807) is 0 Å². The van der Waals surface area contributed by atoms with Gasteiger partial charge in [-0.05, 0) is 61.8 Å². The molecule has 4 aliphatic rings. The number of aromatic nitrogens is 2. The third kappa shape index (κ3) is 2.70. The molecule has 0 radical (unpaired) electrons. The molecular weight excluding hydrogens is 360 g/mol. The molecule has 0 N–H and O–H groups in total. The first kappa shape index (κ1) is 15.8. The van der Waals surface area contributed by atoms with Gasteiger partial charge in [0.05, 0.1) is 10.3 Å². The van der Waals surface area contributed by atoms with Crippen molar-refractivity contribution in [3.8, 4) is 10.8 Å². The van der Waals surface area contributed by atoms with Gasteiger partial charge in [-0.3, -0.25) is 4.79 Å². The number of nitrogens with zero attached hydrogens (tertiary/aromatic N) is 2. The summed E-state index contributed by atoms with van der Waals surface area (Å²) in [6.45, 7) is 0.0313. The highest BCUT2D eigenvalue weighted by atomic mass is 35.5. The van der Waals surface area contributed by atoms with Crippen molar-refractivity contribution in [2.24, 2.45) is 17.3 Å². The molecule has 4 fully saturated rings. The summed E-state index contributed by atoms with van der Waals surface area (Å²) in [5.41, 5.74) is -0.400. The van der Waals surface area contributed by atoms with E-state index in [2.05, 4.69) is 10.2 Å². The smallest absolute Gasteiger partial charge is 0.312 e. The van der Waals surface area contributed by atoms with E-state index in [9.17, 15) is 4.79 Å². The number of carbonyl (C=O) groups excluding carboxylic acids is 1. The summed E-state index contributed by atoms with van der Waals surface area (Å²) in [6.07, 6.45) is 5.90. The van der Waals surface area contributed by atoms with Gasteiger partial charge in [0, 0.05) is 4.87 Å². The Balaban J connectivity index is 1.28. The molecule has 2 unspecified atom stereocenters. The van der Waals surface area contributed by atoms with Crippen LogP contribution in [0.25, 0.3) is 10.8 Å². The molecule has 2 aromatic heterocycles.